The van der Waals surface area contributed by atoms with E-state index in [1.54, 1.807) is 17.8 Å². The zero-order chi connectivity index (χ0) is 12.7. The van der Waals surface area contributed by atoms with Crippen LogP contribution in [0.4, 0.5) is 0 Å². The highest BCUT2D eigenvalue weighted by atomic mass is 79.9. The highest BCUT2D eigenvalue weighted by Gasteiger charge is 2.24. The van der Waals surface area contributed by atoms with Crippen LogP contribution in [-0.4, -0.2) is 36.5 Å². The van der Waals surface area contributed by atoms with Crippen molar-refractivity contribution in [2.45, 2.75) is 19.1 Å². The van der Waals surface area contributed by atoms with Gasteiger partial charge in [0.1, 0.15) is 17.5 Å². The molecule has 1 aliphatic rings. The zero-order valence-corrected chi connectivity index (χ0v) is 11.3. The monoisotopic (exact) mass is 313 g/mol. The number of aliphatic hydroxyl groups is 1. The van der Waals surface area contributed by atoms with Gasteiger partial charge in [-0.15, -0.1) is 5.10 Å². The van der Waals surface area contributed by atoms with Crippen molar-refractivity contribution in [3.05, 3.63) is 22.1 Å². The van der Waals surface area contributed by atoms with E-state index in [-0.39, 0.29) is 0 Å². The van der Waals surface area contributed by atoms with Crippen LogP contribution < -0.4 is 4.74 Å². The van der Waals surface area contributed by atoms with Crippen LogP contribution in [0.1, 0.15) is 23.9 Å². The Morgan fingerprint density at radius 2 is 2.28 bits per heavy atom. The smallest absolute Gasteiger partial charge is 0.212 e. The van der Waals surface area contributed by atoms with Crippen LogP contribution in [0.15, 0.2) is 10.7 Å². The van der Waals surface area contributed by atoms with Crippen LogP contribution >= 0.6 is 15.9 Å². The van der Waals surface area contributed by atoms with E-state index in [4.69, 9.17) is 4.74 Å². The van der Waals surface area contributed by atoms with Gasteiger partial charge in [-0.3, -0.25) is 0 Å². The van der Waals surface area contributed by atoms with E-state index in [0.29, 0.717) is 28.5 Å². The molecule has 96 valence electrons. The summed E-state index contributed by atoms with van der Waals surface area (Å²) in [5.74, 6) is 0.690. The molecule has 1 aliphatic heterocycles. The molecule has 1 atom stereocenters. The summed E-state index contributed by atoms with van der Waals surface area (Å²) in [6.45, 7) is 1.50. The lowest BCUT2D eigenvalue weighted by atomic mass is 10.2. The maximum absolute atomic E-state index is 10.3. The summed E-state index contributed by atoms with van der Waals surface area (Å²) in [6, 6.07) is 1.74. The normalized spacial score (nSPS) is 16.2. The largest absolute Gasteiger partial charge is 0.478 e. The van der Waals surface area contributed by atoms with Gasteiger partial charge in [-0.2, -0.15) is 15.0 Å². The molecule has 1 N–H and O–H groups in total. The molecule has 0 spiro atoms. The summed E-state index contributed by atoms with van der Waals surface area (Å²) in [6.07, 6.45) is 0.0220. The number of aryl methyl sites for hydroxylation is 2. The maximum Gasteiger partial charge on any atom is 0.212 e. The van der Waals surface area contributed by atoms with Crippen molar-refractivity contribution in [2.75, 3.05) is 6.61 Å². The van der Waals surface area contributed by atoms with Gasteiger partial charge in [0.25, 0.3) is 0 Å². The number of aliphatic hydroxyl groups excluding tert-OH is 1. The molecule has 8 heteroatoms. The van der Waals surface area contributed by atoms with Crippen molar-refractivity contribution in [1.29, 1.82) is 0 Å². The molecule has 2 aromatic heterocycles. The molecular formula is C10H12BrN5O2. The van der Waals surface area contributed by atoms with Crippen LogP contribution in [0.25, 0.3) is 0 Å². The number of hydrogen-bond acceptors (Lipinski definition) is 5. The van der Waals surface area contributed by atoms with Crippen LogP contribution in [0, 0.1) is 0 Å². The van der Waals surface area contributed by atoms with Gasteiger partial charge in [-0.05, 0) is 15.9 Å². The van der Waals surface area contributed by atoms with E-state index in [2.05, 4.69) is 31.2 Å². The Morgan fingerprint density at radius 3 is 2.94 bits per heavy atom. The van der Waals surface area contributed by atoms with Gasteiger partial charge >= 0.3 is 0 Å². The fourth-order valence-electron chi connectivity index (χ4n) is 1.93. The average Bonchev–Trinajstić information content (AvgIpc) is 2.91. The minimum atomic E-state index is -0.908. The quantitative estimate of drug-likeness (QED) is 0.880. The van der Waals surface area contributed by atoms with Crippen LogP contribution in [0.2, 0.25) is 0 Å². The lowest BCUT2D eigenvalue weighted by Crippen LogP contribution is -2.14. The van der Waals surface area contributed by atoms with E-state index in [1.165, 1.54) is 4.80 Å². The fraction of sp³-hybridized carbons (Fsp3) is 0.500. The molecule has 0 aromatic carbocycles. The lowest BCUT2D eigenvalue weighted by Gasteiger charge is -2.13. The molecule has 0 saturated heterocycles. The zero-order valence-electron chi connectivity index (χ0n) is 9.75. The second-order valence-corrected chi connectivity index (χ2v) is 4.85. The van der Waals surface area contributed by atoms with E-state index < -0.39 is 6.10 Å². The van der Waals surface area contributed by atoms with Crippen molar-refractivity contribution in [3.63, 3.8) is 0 Å². The summed E-state index contributed by atoms with van der Waals surface area (Å²) in [7, 11) is 1.70. The summed E-state index contributed by atoms with van der Waals surface area (Å²) >= 11 is 3.27. The molecule has 0 amide bonds. The topological polar surface area (TPSA) is 78.0 Å². The highest BCUT2D eigenvalue weighted by Crippen LogP contribution is 2.28. The minimum Gasteiger partial charge on any atom is -0.478 e. The summed E-state index contributed by atoms with van der Waals surface area (Å²) in [4.78, 5) is 1.40. The van der Waals surface area contributed by atoms with Crippen molar-refractivity contribution >= 4 is 15.9 Å². The van der Waals surface area contributed by atoms with Crippen molar-refractivity contribution in [1.82, 2.24) is 24.8 Å². The number of halogens is 1. The number of nitrogens with zero attached hydrogens (tertiary/aromatic N) is 5. The van der Waals surface area contributed by atoms with Gasteiger partial charge in [0.05, 0.1) is 6.61 Å². The number of ether oxygens (including phenoxy) is 1. The van der Waals surface area contributed by atoms with Crippen LogP contribution in [0.5, 0.6) is 5.88 Å². The third kappa shape index (κ3) is 1.91. The predicted molar refractivity (Wildman–Crippen MR) is 65.1 cm³/mol. The molecule has 0 bridgehead atoms. The van der Waals surface area contributed by atoms with E-state index in [1.807, 2.05) is 0 Å². The van der Waals surface area contributed by atoms with E-state index >= 15 is 0 Å². The van der Waals surface area contributed by atoms with Gasteiger partial charge in [-0.25, -0.2) is 4.68 Å². The molecule has 18 heavy (non-hydrogen) atoms. The summed E-state index contributed by atoms with van der Waals surface area (Å²) < 4.78 is 7.74. The summed E-state index contributed by atoms with van der Waals surface area (Å²) in [5.41, 5.74) is 0.973. The van der Waals surface area contributed by atoms with Gasteiger partial charge in [-0.1, -0.05) is 0 Å². The van der Waals surface area contributed by atoms with Gasteiger partial charge < -0.3 is 9.84 Å². The third-order valence-corrected chi connectivity index (χ3v) is 3.33. The highest BCUT2D eigenvalue weighted by molar-refractivity contribution is 9.10. The van der Waals surface area contributed by atoms with Crippen molar-refractivity contribution in [3.8, 4) is 5.88 Å². The lowest BCUT2D eigenvalue weighted by molar-refractivity contribution is 0.205. The molecule has 3 heterocycles. The third-order valence-electron chi connectivity index (χ3n) is 2.76. The Labute approximate surface area is 111 Å². The first-order valence-corrected chi connectivity index (χ1v) is 6.40. The minimum absolute atomic E-state index is 0.452. The van der Waals surface area contributed by atoms with Gasteiger partial charge in [0, 0.05) is 26.1 Å². The predicted octanol–water partition coefficient (Wildman–Crippen LogP) is 0.638. The Kier molecular flexibility index (Phi) is 2.83. The van der Waals surface area contributed by atoms with Crippen molar-refractivity contribution in [2.24, 2.45) is 7.05 Å². The standard InChI is InChI=1S/C10H12BrN5O2/c1-15-13-8(10(11)14-15)9(17)6-5-7-16(12-6)3-2-4-18-7/h5,9,17H,2-4H2,1H3. The fourth-order valence-corrected chi connectivity index (χ4v) is 2.45. The SMILES string of the molecule is Cn1nc(Br)c(C(O)c2cc3n(n2)CCCO3)n1. The Morgan fingerprint density at radius 1 is 1.44 bits per heavy atom. The molecule has 2 aromatic rings. The Balaban J connectivity index is 1.94. The van der Waals surface area contributed by atoms with Crippen LogP contribution in [0.3, 0.4) is 0 Å². The van der Waals surface area contributed by atoms with E-state index in [9.17, 15) is 5.11 Å². The number of hydrogen-bond donors (Lipinski definition) is 1. The first kappa shape index (κ1) is 11.7. The average molecular weight is 314 g/mol. The summed E-state index contributed by atoms with van der Waals surface area (Å²) in [5, 5.41) is 22.7. The Hall–Kier alpha value is -1.41. The molecule has 0 radical (unpaired) electrons. The Bertz CT molecular complexity index is 555. The molecule has 7 nitrogen and oxygen atoms in total. The van der Waals surface area contributed by atoms with Crippen LogP contribution in [-0.2, 0) is 13.6 Å². The molecular weight excluding hydrogens is 302 g/mol. The number of rotatable bonds is 2. The molecule has 0 fully saturated rings. The first-order chi connectivity index (χ1) is 8.65. The second kappa shape index (κ2) is 4.36. The molecule has 1 unspecified atom stereocenters. The van der Waals surface area contributed by atoms with E-state index in [0.717, 1.165) is 13.0 Å². The van der Waals surface area contributed by atoms with Crippen molar-refractivity contribution < 1.29 is 9.84 Å². The molecule has 0 saturated carbocycles. The van der Waals surface area contributed by atoms with Gasteiger partial charge in [0.15, 0.2) is 4.60 Å². The molecule has 0 aliphatic carbocycles. The molecule has 3 rings (SSSR count). The first-order valence-electron chi connectivity index (χ1n) is 5.60. The second-order valence-electron chi connectivity index (χ2n) is 4.10. The van der Waals surface area contributed by atoms with Gasteiger partial charge in [0.2, 0.25) is 5.88 Å². The number of aromatic nitrogens is 5. The maximum atomic E-state index is 10.3. The number of fused-ring (bicyclic) bond motifs is 1.